The fraction of sp³-hybridized carbons (Fsp3) is 0.333. The number of hydrogen-bond donors (Lipinski definition) is 1. The van der Waals surface area contributed by atoms with Crippen molar-refractivity contribution >= 4 is 17.4 Å². The number of methoxy groups -OCH3 is 1. The third kappa shape index (κ3) is 4.39. The van der Waals surface area contributed by atoms with Crippen LogP contribution in [0.4, 0.5) is 0 Å². The number of carbonyl (C=O) groups excluding carboxylic acids is 2. The second kappa shape index (κ2) is 9.13. The summed E-state index contributed by atoms with van der Waals surface area (Å²) in [6.07, 6.45) is 0.727. The quantitative estimate of drug-likeness (QED) is 0.432. The molecular formula is C24H28N2O4. The molecule has 1 aliphatic heterocycles. The van der Waals surface area contributed by atoms with Crippen molar-refractivity contribution in [2.24, 2.45) is 0 Å². The number of aliphatic hydroxyl groups is 1. The molecule has 1 aliphatic rings. The normalized spacial score (nSPS) is 18.3. The van der Waals surface area contributed by atoms with Gasteiger partial charge in [0.15, 0.2) is 0 Å². The molecule has 0 bridgehead atoms. The van der Waals surface area contributed by atoms with Crippen molar-refractivity contribution < 1.29 is 19.4 Å². The first-order chi connectivity index (χ1) is 14.3. The summed E-state index contributed by atoms with van der Waals surface area (Å²) in [4.78, 5) is 29.5. The maximum atomic E-state index is 13.0. The lowest BCUT2D eigenvalue weighted by atomic mass is 9.94. The largest absolute Gasteiger partial charge is 0.507 e. The Morgan fingerprint density at radius 2 is 1.83 bits per heavy atom. The van der Waals surface area contributed by atoms with Crippen molar-refractivity contribution in [1.82, 2.24) is 9.80 Å². The van der Waals surface area contributed by atoms with Gasteiger partial charge in [-0.3, -0.25) is 9.59 Å². The van der Waals surface area contributed by atoms with Crippen LogP contribution < -0.4 is 4.74 Å². The van der Waals surface area contributed by atoms with Gasteiger partial charge >= 0.3 is 0 Å². The number of hydrogen-bond acceptors (Lipinski definition) is 5. The van der Waals surface area contributed by atoms with Gasteiger partial charge in [-0.2, -0.15) is 0 Å². The van der Waals surface area contributed by atoms with Crippen LogP contribution in [-0.4, -0.2) is 60.9 Å². The lowest BCUT2D eigenvalue weighted by molar-refractivity contribution is -0.139. The number of carbonyl (C=O) groups is 2. The maximum absolute atomic E-state index is 13.0. The van der Waals surface area contributed by atoms with E-state index in [0.717, 1.165) is 24.1 Å². The smallest absolute Gasteiger partial charge is 0.295 e. The molecule has 6 heteroatoms. The molecule has 6 nitrogen and oxygen atoms in total. The summed E-state index contributed by atoms with van der Waals surface area (Å²) in [6.45, 7) is 3.19. The second-order valence-corrected chi connectivity index (χ2v) is 7.79. The van der Waals surface area contributed by atoms with Crippen LogP contribution in [0.3, 0.4) is 0 Å². The minimum Gasteiger partial charge on any atom is -0.507 e. The number of ether oxygens (including phenoxy) is 1. The zero-order valence-corrected chi connectivity index (χ0v) is 17.9. The zero-order chi connectivity index (χ0) is 21.8. The summed E-state index contributed by atoms with van der Waals surface area (Å²) in [5, 5.41) is 11.0. The number of rotatable bonds is 7. The third-order valence-corrected chi connectivity index (χ3v) is 5.27. The first kappa shape index (κ1) is 21.6. The van der Waals surface area contributed by atoms with Crippen molar-refractivity contribution in [2.75, 3.05) is 34.3 Å². The minimum atomic E-state index is -0.653. The molecule has 1 amide bonds. The summed E-state index contributed by atoms with van der Waals surface area (Å²) < 4.78 is 5.17. The average Bonchev–Trinajstić information content (AvgIpc) is 2.98. The summed E-state index contributed by atoms with van der Waals surface area (Å²) in [5.74, 6) is -0.751. The van der Waals surface area contributed by atoms with E-state index in [9.17, 15) is 14.7 Å². The minimum absolute atomic E-state index is 0.126. The van der Waals surface area contributed by atoms with Gasteiger partial charge in [0, 0.05) is 12.1 Å². The number of Topliss-reactive ketones (excluding diaryl/α,β-unsaturated/α-hetero) is 1. The summed E-state index contributed by atoms with van der Waals surface area (Å²) in [7, 11) is 5.50. The third-order valence-electron chi connectivity index (χ3n) is 5.27. The SMILES string of the molecule is COc1ccc(/C(O)=C2/C(=O)C(=O)N(CCCN(C)C)C2c2cccc(C)c2)cc1. The van der Waals surface area contributed by atoms with Crippen molar-refractivity contribution in [3.63, 3.8) is 0 Å². The van der Waals surface area contributed by atoms with Gasteiger partial charge in [0.2, 0.25) is 0 Å². The van der Waals surface area contributed by atoms with Gasteiger partial charge in [0.1, 0.15) is 11.5 Å². The number of ketones is 1. The molecule has 0 radical (unpaired) electrons. The molecule has 1 N–H and O–H groups in total. The molecule has 30 heavy (non-hydrogen) atoms. The fourth-order valence-electron chi connectivity index (χ4n) is 3.76. The highest BCUT2D eigenvalue weighted by atomic mass is 16.5. The van der Waals surface area contributed by atoms with Crippen LogP contribution in [0.25, 0.3) is 5.76 Å². The predicted octanol–water partition coefficient (Wildman–Crippen LogP) is 3.38. The maximum Gasteiger partial charge on any atom is 0.295 e. The van der Waals surface area contributed by atoms with E-state index in [4.69, 9.17) is 4.74 Å². The van der Waals surface area contributed by atoms with Gasteiger partial charge in [-0.15, -0.1) is 0 Å². The van der Waals surface area contributed by atoms with E-state index in [0.29, 0.717) is 17.9 Å². The molecule has 1 unspecified atom stereocenters. The Morgan fingerprint density at radius 1 is 1.13 bits per heavy atom. The van der Waals surface area contributed by atoms with Crippen molar-refractivity contribution in [2.45, 2.75) is 19.4 Å². The highest BCUT2D eigenvalue weighted by Crippen LogP contribution is 2.39. The van der Waals surface area contributed by atoms with E-state index < -0.39 is 17.7 Å². The summed E-state index contributed by atoms with van der Waals surface area (Å²) in [6, 6.07) is 13.9. The molecule has 0 spiro atoms. The van der Waals surface area contributed by atoms with Crippen molar-refractivity contribution in [3.05, 3.63) is 70.8 Å². The summed E-state index contributed by atoms with van der Waals surface area (Å²) >= 11 is 0. The molecule has 1 heterocycles. The van der Waals surface area contributed by atoms with Crippen LogP contribution in [0.2, 0.25) is 0 Å². The van der Waals surface area contributed by atoms with Gasteiger partial charge in [-0.1, -0.05) is 29.8 Å². The van der Waals surface area contributed by atoms with E-state index in [2.05, 4.69) is 0 Å². The van der Waals surface area contributed by atoms with Gasteiger partial charge in [-0.05, 0) is 63.8 Å². The van der Waals surface area contributed by atoms with E-state index in [-0.39, 0.29) is 11.3 Å². The Kier molecular flexibility index (Phi) is 6.57. The van der Waals surface area contributed by atoms with Crippen LogP contribution in [0.1, 0.15) is 29.2 Å². The number of amides is 1. The Morgan fingerprint density at radius 3 is 2.43 bits per heavy atom. The van der Waals surface area contributed by atoms with E-state index in [1.54, 1.807) is 36.3 Å². The molecule has 0 aliphatic carbocycles. The molecule has 2 aromatic carbocycles. The monoisotopic (exact) mass is 408 g/mol. The van der Waals surface area contributed by atoms with Gasteiger partial charge in [0.05, 0.1) is 18.7 Å². The van der Waals surface area contributed by atoms with Crippen LogP contribution in [0, 0.1) is 6.92 Å². The van der Waals surface area contributed by atoms with Gasteiger partial charge in [-0.25, -0.2) is 0 Å². The highest BCUT2D eigenvalue weighted by molar-refractivity contribution is 6.46. The molecule has 1 fully saturated rings. The number of likely N-dealkylation sites (tertiary alicyclic amines) is 1. The molecule has 2 aromatic rings. The van der Waals surface area contributed by atoms with Crippen LogP contribution >= 0.6 is 0 Å². The van der Waals surface area contributed by atoms with Crippen molar-refractivity contribution in [1.29, 1.82) is 0 Å². The number of nitrogens with zero attached hydrogens (tertiary/aromatic N) is 2. The van der Waals surface area contributed by atoms with Crippen LogP contribution in [0.5, 0.6) is 5.75 Å². The van der Waals surface area contributed by atoms with E-state index >= 15 is 0 Å². The summed E-state index contributed by atoms with van der Waals surface area (Å²) in [5.41, 5.74) is 2.44. The van der Waals surface area contributed by atoms with Crippen LogP contribution in [0.15, 0.2) is 54.1 Å². The lowest BCUT2D eigenvalue weighted by Crippen LogP contribution is -2.32. The lowest BCUT2D eigenvalue weighted by Gasteiger charge is -2.26. The highest BCUT2D eigenvalue weighted by Gasteiger charge is 2.45. The molecule has 0 saturated carbocycles. The Hall–Kier alpha value is -3.12. The number of aliphatic hydroxyl groups excluding tert-OH is 1. The predicted molar refractivity (Wildman–Crippen MR) is 116 cm³/mol. The van der Waals surface area contributed by atoms with Gasteiger partial charge < -0.3 is 19.6 Å². The second-order valence-electron chi connectivity index (χ2n) is 7.79. The van der Waals surface area contributed by atoms with E-state index in [1.165, 1.54) is 0 Å². The standard InChI is InChI=1S/C24H28N2O4/c1-16-7-5-8-18(15-16)21-20(22(27)17-9-11-19(30-4)12-10-17)23(28)24(29)26(21)14-6-13-25(2)3/h5,7-12,15,21,27H,6,13-14H2,1-4H3/b22-20-. The Balaban J connectivity index is 2.08. The number of benzene rings is 2. The molecule has 1 atom stereocenters. The zero-order valence-electron chi connectivity index (χ0n) is 17.9. The van der Waals surface area contributed by atoms with E-state index in [1.807, 2.05) is 50.2 Å². The number of aryl methyl sites for hydroxylation is 1. The molecule has 1 saturated heterocycles. The Labute approximate surface area is 177 Å². The topological polar surface area (TPSA) is 70.1 Å². The molecular weight excluding hydrogens is 380 g/mol. The molecule has 3 rings (SSSR count). The average molecular weight is 408 g/mol. The van der Waals surface area contributed by atoms with Crippen LogP contribution in [-0.2, 0) is 9.59 Å². The fourth-order valence-corrected chi connectivity index (χ4v) is 3.76. The van der Waals surface area contributed by atoms with Crippen molar-refractivity contribution in [3.8, 4) is 5.75 Å². The molecule has 0 aromatic heterocycles. The Bertz CT molecular complexity index is 963. The molecule has 158 valence electrons. The van der Waals surface area contributed by atoms with Gasteiger partial charge in [0.25, 0.3) is 11.7 Å². The first-order valence-corrected chi connectivity index (χ1v) is 9.97. The first-order valence-electron chi connectivity index (χ1n) is 9.97.